The maximum atomic E-state index is 13.3. The van der Waals surface area contributed by atoms with Crippen LogP contribution in [-0.2, 0) is 9.59 Å². The molecule has 1 unspecified atom stereocenters. The first-order valence-corrected chi connectivity index (χ1v) is 11.7. The molecule has 1 N–H and O–H groups in total. The number of pyridine rings is 1. The Morgan fingerprint density at radius 1 is 1.09 bits per heavy atom. The van der Waals surface area contributed by atoms with Gasteiger partial charge in [0.1, 0.15) is 11.5 Å². The second kappa shape index (κ2) is 9.43. The Hall–Kier alpha value is -3.45. The van der Waals surface area contributed by atoms with E-state index in [4.69, 9.17) is 4.74 Å². The van der Waals surface area contributed by atoms with Gasteiger partial charge in [0.2, 0.25) is 0 Å². The molecular formula is C27H25BrN2O4. The summed E-state index contributed by atoms with van der Waals surface area (Å²) in [7, 11) is 1.60. The molecule has 2 heterocycles. The van der Waals surface area contributed by atoms with Gasteiger partial charge in [-0.25, -0.2) is 0 Å². The molecular weight excluding hydrogens is 496 g/mol. The summed E-state index contributed by atoms with van der Waals surface area (Å²) in [4.78, 5) is 32.1. The Labute approximate surface area is 207 Å². The largest absolute Gasteiger partial charge is 0.507 e. The number of halogens is 1. The number of Topliss-reactive ketones (excluding diaryl/α,β-unsaturated/α-hetero) is 1. The molecule has 174 valence electrons. The van der Waals surface area contributed by atoms with Gasteiger partial charge in [-0.2, -0.15) is 0 Å². The molecule has 1 atom stereocenters. The second-order valence-corrected chi connectivity index (χ2v) is 9.41. The van der Waals surface area contributed by atoms with Gasteiger partial charge in [0.05, 0.1) is 18.7 Å². The summed E-state index contributed by atoms with van der Waals surface area (Å²) in [5, 5.41) is 11.5. The maximum absolute atomic E-state index is 13.3. The first-order valence-electron chi connectivity index (χ1n) is 10.9. The Bertz CT molecular complexity index is 1280. The fraction of sp³-hybridized carbons (Fsp3) is 0.222. The van der Waals surface area contributed by atoms with E-state index in [-0.39, 0.29) is 17.3 Å². The number of nitrogens with zero attached hydrogens (tertiary/aromatic N) is 2. The lowest BCUT2D eigenvalue weighted by molar-refractivity contribution is -0.132. The molecule has 0 aliphatic carbocycles. The van der Waals surface area contributed by atoms with Crippen LogP contribution in [0.1, 0.15) is 48.1 Å². The van der Waals surface area contributed by atoms with Crippen molar-refractivity contribution in [2.45, 2.75) is 32.7 Å². The lowest BCUT2D eigenvalue weighted by Crippen LogP contribution is -2.29. The molecule has 34 heavy (non-hydrogen) atoms. The number of ether oxygens (including phenoxy) is 1. The van der Waals surface area contributed by atoms with E-state index in [9.17, 15) is 14.7 Å². The minimum Gasteiger partial charge on any atom is -0.507 e. The second-order valence-electron chi connectivity index (χ2n) is 8.49. The van der Waals surface area contributed by atoms with Gasteiger partial charge in [0.15, 0.2) is 0 Å². The van der Waals surface area contributed by atoms with E-state index in [2.05, 4.69) is 20.9 Å². The molecule has 1 aliphatic rings. The van der Waals surface area contributed by atoms with Crippen molar-refractivity contribution in [3.05, 3.63) is 93.2 Å². The highest BCUT2D eigenvalue weighted by atomic mass is 79.9. The standard InChI is InChI=1S/C27H25BrN2O4/c1-15(2)20-14-21(16(3)13-22(20)34-4)25(31)23-24(17-9-11-29-12-10-17)30(27(33)26(23)32)19-7-5-18(28)6-8-19/h5-15,24,31H,1-4H3/b25-23+. The van der Waals surface area contributed by atoms with Crippen molar-refractivity contribution < 1.29 is 19.4 Å². The number of carbonyl (C=O) groups is 2. The fourth-order valence-corrected chi connectivity index (χ4v) is 4.55. The minimum absolute atomic E-state index is 0.0436. The number of aliphatic hydroxyl groups is 1. The van der Waals surface area contributed by atoms with Crippen LogP contribution in [0, 0.1) is 6.92 Å². The molecule has 2 aromatic carbocycles. The van der Waals surface area contributed by atoms with E-state index >= 15 is 0 Å². The molecule has 1 aliphatic heterocycles. The zero-order chi connectivity index (χ0) is 24.6. The number of amides is 1. The summed E-state index contributed by atoms with van der Waals surface area (Å²) in [6.07, 6.45) is 3.21. The van der Waals surface area contributed by atoms with Crippen LogP contribution in [0.2, 0.25) is 0 Å². The van der Waals surface area contributed by atoms with Crippen LogP contribution >= 0.6 is 15.9 Å². The average Bonchev–Trinajstić information content (AvgIpc) is 3.09. The molecule has 1 fully saturated rings. The number of ketones is 1. The minimum atomic E-state index is -0.798. The van der Waals surface area contributed by atoms with Crippen LogP contribution in [0.5, 0.6) is 5.75 Å². The number of aryl methyl sites for hydroxylation is 1. The summed E-state index contributed by atoms with van der Waals surface area (Å²) in [5.41, 5.74) is 3.41. The van der Waals surface area contributed by atoms with E-state index in [1.807, 2.05) is 32.9 Å². The number of anilines is 1. The zero-order valence-corrected chi connectivity index (χ0v) is 21.0. The molecule has 4 rings (SSSR count). The molecule has 6 nitrogen and oxygen atoms in total. The van der Waals surface area contributed by atoms with Gasteiger partial charge in [-0.05, 0) is 78.1 Å². The zero-order valence-electron chi connectivity index (χ0n) is 19.4. The number of hydrogen-bond donors (Lipinski definition) is 1. The van der Waals surface area contributed by atoms with Crippen molar-refractivity contribution in [2.24, 2.45) is 0 Å². The van der Waals surface area contributed by atoms with Gasteiger partial charge in [0.25, 0.3) is 11.7 Å². The predicted molar refractivity (Wildman–Crippen MR) is 135 cm³/mol. The molecule has 0 saturated carbocycles. The lowest BCUT2D eigenvalue weighted by atomic mass is 9.91. The summed E-state index contributed by atoms with van der Waals surface area (Å²) in [6.45, 7) is 5.90. The van der Waals surface area contributed by atoms with Gasteiger partial charge in [-0.3, -0.25) is 19.5 Å². The average molecular weight is 521 g/mol. The quantitative estimate of drug-likeness (QED) is 0.257. The van der Waals surface area contributed by atoms with Crippen molar-refractivity contribution in [3.63, 3.8) is 0 Å². The third-order valence-corrected chi connectivity index (χ3v) is 6.55. The molecule has 3 aromatic rings. The smallest absolute Gasteiger partial charge is 0.300 e. The highest BCUT2D eigenvalue weighted by molar-refractivity contribution is 9.10. The topological polar surface area (TPSA) is 79.7 Å². The normalized spacial score (nSPS) is 17.5. The molecule has 1 saturated heterocycles. The van der Waals surface area contributed by atoms with Crippen molar-refractivity contribution in [1.29, 1.82) is 0 Å². The van der Waals surface area contributed by atoms with Crippen molar-refractivity contribution >= 4 is 39.1 Å². The van der Waals surface area contributed by atoms with Crippen LogP contribution in [0.15, 0.2) is 71.0 Å². The Morgan fingerprint density at radius 3 is 2.32 bits per heavy atom. The third-order valence-electron chi connectivity index (χ3n) is 6.02. The fourth-order valence-electron chi connectivity index (χ4n) is 4.29. The van der Waals surface area contributed by atoms with E-state index in [0.717, 1.165) is 15.6 Å². The van der Waals surface area contributed by atoms with Crippen LogP contribution in [0.25, 0.3) is 5.76 Å². The molecule has 7 heteroatoms. The van der Waals surface area contributed by atoms with Gasteiger partial charge >= 0.3 is 0 Å². The highest BCUT2D eigenvalue weighted by Gasteiger charge is 2.47. The first-order chi connectivity index (χ1) is 16.2. The van der Waals surface area contributed by atoms with Crippen LogP contribution in [0.3, 0.4) is 0 Å². The molecule has 1 aromatic heterocycles. The number of aliphatic hydroxyl groups excluding tert-OH is 1. The van der Waals surface area contributed by atoms with E-state index in [1.165, 1.54) is 4.90 Å². The van der Waals surface area contributed by atoms with Crippen LogP contribution in [0.4, 0.5) is 5.69 Å². The Kier molecular flexibility index (Phi) is 6.57. The third kappa shape index (κ3) is 4.12. The Balaban J connectivity index is 1.97. The van der Waals surface area contributed by atoms with Gasteiger partial charge in [0, 0.05) is 28.1 Å². The van der Waals surface area contributed by atoms with E-state index < -0.39 is 17.7 Å². The molecule has 0 bridgehead atoms. The molecule has 0 spiro atoms. The van der Waals surface area contributed by atoms with Gasteiger partial charge < -0.3 is 9.84 Å². The van der Waals surface area contributed by atoms with Gasteiger partial charge in [-0.15, -0.1) is 0 Å². The number of methoxy groups -OCH3 is 1. The number of carbonyl (C=O) groups excluding carboxylic acids is 2. The summed E-state index contributed by atoms with van der Waals surface area (Å²) >= 11 is 3.41. The number of hydrogen-bond acceptors (Lipinski definition) is 5. The summed E-state index contributed by atoms with van der Waals surface area (Å²) in [6, 6.07) is 13.5. The number of rotatable bonds is 5. The monoisotopic (exact) mass is 520 g/mol. The lowest BCUT2D eigenvalue weighted by Gasteiger charge is -2.25. The number of benzene rings is 2. The SMILES string of the molecule is COc1cc(C)c(/C(O)=C2\C(=O)C(=O)N(c3ccc(Br)cc3)C2c2ccncc2)cc1C(C)C. The first kappa shape index (κ1) is 23.7. The van der Waals surface area contributed by atoms with Gasteiger partial charge in [-0.1, -0.05) is 29.8 Å². The maximum Gasteiger partial charge on any atom is 0.300 e. The van der Waals surface area contributed by atoms with E-state index in [0.29, 0.717) is 22.6 Å². The molecule has 1 amide bonds. The van der Waals surface area contributed by atoms with Crippen molar-refractivity contribution in [2.75, 3.05) is 12.0 Å². The van der Waals surface area contributed by atoms with Crippen LogP contribution < -0.4 is 9.64 Å². The highest BCUT2D eigenvalue weighted by Crippen LogP contribution is 2.43. The molecule has 0 radical (unpaired) electrons. The Morgan fingerprint density at radius 2 is 1.74 bits per heavy atom. The van der Waals surface area contributed by atoms with Crippen molar-refractivity contribution in [3.8, 4) is 5.75 Å². The summed E-state index contributed by atoms with van der Waals surface area (Å²) < 4.78 is 6.37. The van der Waals surface area contributed by atoms with Crippen LogP contribution in [-0.4, -0.2) is 28.9 Å². The number of aromatic nitrogens is 1. The predicted octanol–water partition coefficient (Wildman–Crippen LogP) is 5.91. The van der Waals surface area contributed by atoms with Crippen molar-refractivity contribution in [1.82, 2.24) is 4.98 Å². The summed E-state index contributed by atoms with van der Waals surface area (Å²) in [5.74, 6) is -0.792. The van der Waals surface area contributed by atoms with E-state index in [1.54, 1.807) is 55.9 Å².